The van der Waals surface area contributed by atoms with Crippen LogP contribution in [0.5, 0.6) is 0 Å². The number of amides is 1. The number of hydrogen-bond acceptors (Lipinski definition) is 4. The van der Waals surface area contributed by atoms with Crippen LogP contribution in [0.4, 0.5) is 0 Å². The molecule has 7 nitrogen and oxygen atoms in total. The van der Waals surface area contributed by atoms with Crippen molar-refractivity contribution in [3.05, 3.63) is 29.3 Å². The maximum atomic E-state index is 12.6. The van der Waals surface area contributed by atoms with Gasteiger partial charge in [0.1, 0.15) is 12.1 Å². The van der Waals surface area contributed by atoms with Crippen LogP contribution in [0.15, 0.2) is 29.2 Å². The quantitative estimate of drug-likeness (QED) is 0.540. The number of aliphatic carboxylic acids is 1. The molecule has 2 atom stereocenters. The van der Waals surface area contributed by atoms with E-state index in [9.17, 15) is 23.1 Å². The maximum absolute atomic E-state index is 12.6. The third kappa shape index (κ3) is 7.86. The number of benzene rings is 1. The van der Waals surface area contributed by atoms with Crippen molar-refractivity contribution in [2.24, 2.45) is 11.8 Å². The second-order valence-electron chi connectivity index (χ2n) is 7.29. The normalized spacial score (nSPS) is 14.2. The largest absolute Gasteiger partial charge is 0.480 e. The summed E-state index contributed by atoms with van der Waals surface area (Å²) in [5.41, 5.74) is 0. The Labute approximate surface area is 165 Å². The van der Waals surface area contributed by atoms with Gasteiger partial charge in [-0.3, -0.25) is 4.79 Å². The van der Waals surface area contributed by atoms with Crippen LogP contribution in [0.1, 0.15) is 40.5 Å². The van der Waals surface area contributed by atoms with E-state index in [0.717, 1.165) is 0 Å². The van der Waals surface area contributed by atoms with Gasteiger partial charge in [-0.05, 0) is 48.9 Å². The zero-order valence-corrected chi connectivity index (χ0v) is 17.5. The Balaban J connectivity index is 3.01. The van der Waals surface area contributed by atoms with Crippen molar-refractivity contribution in [1.82, 2.24) is 10.0 Å². The fourth-order valence-corrected chi connectivity index (χ4v) is 3.85. The van der Waals surface area contributed by atoms with Crippen LogP contribution in [0, 0.1) is 11.8 Å². The zero-order valence-electron chi connectivity index (χ0n) is 15.9. The van der Waals surface area contributed by atoms with Gasteiger partial charge in [0.05, 0.1) is 4.90 Å². The number of carboxylic acid groups (broad SMARTS) is 1. The molecule has 0 aliphatic rings. The van der Waals surface area contributed by atoms with E-state index >= 15 is 0 Å². The lowest BCUT2D eigenvalue weighted by Crippen LogP contribution is -2.52. The van der Waals surface area contributed by atoms with E-state index in [1.807, 2.05) is 27.7 Å². The third-order valence-corrected chi connectivity index (χ3v) is 5.51. The first-order valence-corrected chi connectivity index (χ1v) is 10.6. The molecule has 0 radical (unpaired) electrons. The van der Waals surface area contributed by atoms with Crippen molar-refractivity contribution < 1.29 is 23.1 Å². The molecule has 9 heteroatoms. The Kier molecular flexibility index (Phi) is 8.71. The fourth-order valence-electron chi connectivity index (χ4n) is 2.51. The number of carbonyl (C=O) groups excluding carboxylic acids is 1. The average molecular weight is 419 g/mol. The average Bonchev–Trinajstić information content (AvgIpc) is 2.52. The van der Waals surface area contributed by atoms with E-state index in [-0.39, 0.29) is 29.6 Å². The highest BCUT2D eigenvalue weighted by Crippen LogP contribution is 2.16. The second-order valence-corrected chi connectivity index (χ2v) is 9.44. The molecule has 0 saturated carbocycles. The Morgan fingerprint density at radius 2 is 1.48 bits per heavy atom. The summed E-state index contributed by atoms with van der Waals surface area (Å²) in [5, 5.41) is 12.1. The highest BCUT2D eigenvalue weighted by molar-refractivity contribution is 7.89. The van der Waals surface area contributed by atoms with Crippen molar-refractivity contribution in [3.63, 3.8) is 0 Å². The number of nitrogens with one attached hydrogen (secondary N) is 2. The molecule has 0 saturated heterocycles. The standard InChI is InChI=1S/C18H27ClN2O5S/c1-11(2)9-15(17(22)20-16(18(23)24)10-12(3)4)21-27(25,26)14-7-5-13(19)6-8-14/h5-8,11-12,15-16,21H,9-10H2,1-4H3,(H,20,22)(H,23,24)/t15-,16-/m1/s1. The monoisotopic (exact) mass is 418 g/mol. The molecule has 0 aliphatic heterocycles. The zero-order chi connectivity index (χ0) is 20.8. The highest BCUT2D eigenvalue weighted by Gasteiger charge is 2.30. The molecule has 1 rings (SSSR count). The van der Waals surface area contributed by atoms with Crippen molar-refractivity contribution in [1.29, 1.82) is 0 Å². The molecule has 0 fully saturated rings. The van der Waals surface area contributed by atoms with Crippen LogP contribution >= 0.6 is 11.6 Å². The molecule has 1 amide bonds. The predicted molar refractivity (Wildman–Crippen MR) is 104 cm³/mol. The van der Waals surface area contributed by atoms with Gasteiger partial charge in [0.25, 0.3) is 0 Å². The van der Waals surface area contributed by atoms with Crippen LogP contribution < -0.4 is 10.0 Å². The summed E-state index contributed by atoms with van der Waals surface area (Å²) in [4.78, 5) is 24.0. The molecular formula is C18H27ClN2O5S. The number of rotatable bonds is 10. The fraction of sp³-hybridized carbons (Fsp3) is 0.556. The van der Waals surface area contributed by atoms with E-state index in [1.165, 1.54) is 24.3 Å². The lowest BCUT2D eigenvalue weighted by atomic mass is 10.0. The Morgan fingerprint density at radius 1 is 1.00 bits per heavy atom. The van der Waals surface area contributed by atoms with E-state index in [2.05, 4.69) is 10.0 Å². The summed E-state index contributed by atoms with van der Waals surface area (Å²) in [6.07, 6.45) is 0.478. The predicted octanol–water partition coefficient (Wildman–Crippen LogP) is 2.65. The van der Waals surface area contributed by atoms with Gasteiger partial charge in [-0.1, -0.05) is 39.3 Å². The topological polar surface area (TPSA) is 113 Å². The van der Waals surface area contributed by atoms with Gasteiger partial charge in [-0.2, -0.15) is 4.72 Å². The summed E-state index contributed by atoms with van der Waals surface area (Å²) in [6, 6.07) is 3.40. The third-order valence-electron chi connectivity index (χ3n) is 3.77. The number of carboxylic acids is 1. The molecule has 1 aromatic carbocycles. The van der Waals surface area contributed by atoms with E-state index in [4.69, 9.17) is 11.6 Å². The Morgan fingerprint density at radius 3 is 1.93 bits per heavy atom. The number of sulfonamides is 1. The summed E-state index contributed by atoms with van der Waals surface area (Å²) < 4.78 is 27.6. The molecular weight excluding hydrogens is 392 g/mol. The molecule has 0 aliphatic carbocycles. The SMILES string of the molecule is CC(C)C[C@@H](NC(=O)[C@@H](CC(C)C)NS(=O)(=O)c1ccc(Cl)cc1)C(=O)O. The summed E-state index contributed by atoms with van der Waals surface area (Å²) in [7, 11) is -3.96. The summed E-state index contributed by atoms with van der Waals surface area (Å²) in [5.74, 6) is -1.74. The second kappa shape index (κ2) is 10.1. The first-order chi connectivity index (χ1) is 12.4. The molecule has 3 N–H and O–H groups in total. The molecule has 0 unspecified atom stereocenters. The van der Waals surface area contributed by atoms with Crippen LogP contribution in [0.25, 0.3) is 0 Å². The van der Waals surface area contributed by atoms with Crippen LogP contribution in [-0.4, -0.2) is 37.5 Å². The molecule has 152 valence electrons. The van der Waals surface area contributed by atoms with Gasteiger partial charge >= 0.3 is 5.97 Å². The number of hydrogen-bond donors (Lipinski definition) is 3. The first kappa shape index (κ1) is 23.4. The van der Waals surface area contributed by atoms with E-state index < -0.39 is 34.0 Å². The molecule has 27 heavy (non-hydrogen) atoms. The van der Waals surface area contributed by atoms with E-state index in [0.29, 0.717) is 5.02 Å². The minimum absolute atomic E-state index is 0.0158. The smallest absolute Gasteiger partial charge is 0.326 e. The van der Waals surface area contributed by atoms with Gasteiger partial charge < -0.3 is 10.4 Å². The lowest BCUT2D eigenvalue weighted by molar-refractivity contribution is -0.142. The van der Waals surface area contributed by atoms with Crippen molar-refractivity contribution in [2.75, 3.05) is 0 Å². The van der Waals surface area contributed by atoms with Gasteiger partial charge in [-0.25, -0.2) is 13.2 Å². The van der Waals surface area contributed by atoms with Crippen molar-refractivity contribution in [3.8, 4) is 0 Å². The molecule has 0 spiro atoms. The molecule has 0 bridgehead atoms. The molecule has 0 aromatic heterocycles. The minimum Gasteiger partial charge on any atom is -0.480 e. The Bertz CT molecular complexity index is 748. The number of carbonyl (C=O) groups is 2. The minimum atomic E-state index is -3.96. The summed E-state index contributed by atoms with van der Waals surface area (Å²) in [6.45, 7) is 7.38. The van der Waals surface area contributed by atoms with Crippen molar-refractivity contribution in [2.45, 2.75) is 57.5 Å². The van der Waals surface area contributed by atoms with Gasteiger partial charge in [0.2, 0.25) is 15.9 Å². The van der Waals surface area contributed by atoms with Crippen molar-refractivity contribution >= 4 is 33.5 Å². The molecule has 1 aromatic rings. The number of halogens is 1. The maximum Gasteiger partial charge on any atom is 0.326 e. The van der Waals surface area contributed by atoms with Gasteiger partial charge in [0, 0.05) is 5.02 Å². The lowest BCUT2D eigenvalue weighted by Gasteiger charge is -2.23. The first-order valence-electron chi connectivity index (χ1n) is 8.73. The summed E-state index contributed by atoms with van der Waals surface area (Å²) >= 11 is 5.78. The Hall–Kier alpha value is -1.64. The van der Waals surface area contributed by atoms with Crippen LogP contribution in [0.3, 0.4) is 0 Å². The van der Waals surface area contributed by atoms with Gasteiger partial charge in [0.15, 0.2) is 0 Å². The van der Waals surface area contributed by atoms with E-state index in [1.54, 1.807) is 0 Å². The van der Waals surface area contributed by atoms with Crippen LogP contribution in [-0.2, 0) is 19.6 Å². The molecule has 0 heterocycles. The van der Waals surface area contributed by atoms with Crippen LogP contribution in [0.2, 0.25) is 5.02 Å². The van der Waals surface area contributed by atoms with Gasteiger partial charge in [-0.15, -0.1) is 0 Å². The highest BCUT2D eigenvalue weighted by atomic mass is 35.5.